The molecule has 0 spiro atoms. The van der Waals surface area contributed by atoms with Gasteiger partial charge in [-0.25, -0.2) is 0 Å². The van der Waals surface area contributed by atoms with Crippen molar-refractivity contribution < 1.29 is 9.32 Å². The summed E-state index contributed by atoms with van der Waals surface area (Å²) in [5.41, 5.74) is 1.03. The van der Waals surface area contributed by atoms with Crippen molar-refractivity contribution in [2.45, 2.75) is 44.6 Å². The number of hydrogen-bond donors (Lipinski definition) is 1. The molecule has 5 heteroatoms. The lowest BCUT2D eigenvalue weighted by Crippen LogP contribution is -2.28. The van der Waals surface area contributed by atoms with Crippen LogP contribution >= 0.6 is 0 Å². The third-order valence-electron chi connectivity index (χ3n) is 3.77. The third kappa shape index (κ3) is 3.29. The molecule has 1 aromatic heterocycles. The van der Waals surface area contributed by atoms with Crippen LogP contribution in [0.1, 0.15) is 55.3 Å². The highest BCUT2D eigenvalue weighted by molar-refractivity contribution is 5.83. The summed E-state index contributed by atoms with van der Waals surface area (Å²) >= 11 is 0. The number of carbonyl (C=O) groups excluding carboxylic acids is 1. The van der Waals surface area contributed by atoms with E-state index in [1.165, 1.54) is 0 Å². The molecule has 1 fully saturated rings. The summed E-state index contributed by atoms with van der Waals surface area (Å²) in [7, 11) is 0. The fourth-order valence-electron chi connectivity index (χ4n) is 2.39. The van der Waals surface area contributed by atoms with Crippen molar-refractivity contribution in [3.8, 4) is 0 Å². The summed E-state index contributed by atoms with van der Waals surface area (Å²) in [6, 6.07) is 9.81. The molecule has 1 aliphatic rings. The highest BCUT2D eigenvalue weighted by Crippen LogP contribution is 2.38. The Morgan fingerprint density at radius 2 is 2.14 bits per heavy atom. The highest BCUT2D eigenvalue weighted by atomic mass is 16.5. The molecule has 0 aliphatic heterocycles. The number of rotatable bonds is 6. The number of benzene rings is 1. The first-order chi connectivity index (χ1) is 10.3. The summed E-state index contributed by atoms with van der Waals surface area (Å²) in [6.07, 6.45) is 3.03. The maximum Gasteiger partial charge on any atom is 0.246 e. The van der Waals surface area contributed by atoms with Crippen molar-refractivity contribution in [2.24, 2.45) is 0 Å². The van der Waals surface area contributed by atoms with E-state index in [0.29, 0.717) is 18.4 Å². The van der Waals surface area contributed by atoms with Crippen molar-refractivity contribution in [2.75, 3.05) is 0 Å². The zero-order valence-corrected chi connectivity index (χ0v) is 12.1. The van der Waals surface area contributed by atoms with E-state index in [4.69, 9.17) is 4.52 Å². The maximum absolute atomic E-state index is 12.3. The molecule has 1 amide bonds. The zero-order valence-electron chi connectivity index (χ0n) is 12.1. The molecule has 110 valence electrons. The number of nitrogens with zero attached hydrogens (tertiary/aromatic N) is 2. The zero-order chi connectivity index (χ0) is 14.7. The Bertz CT molecular complexity index is 605. The van der Waals surface area contributed by atoms with E-state index >= 15 is 0 Å². The van der Waals surface area contributed by atoms with Crippen LogP contribution in [0.5, 0.6) is 0 Å². The van der Waals surface area contributed by atoms with Gasteiger partial charge >= 0.3 is 0 Å². The molecular formula is C16H19N3O2. The Hall–Kier alpha value is -2.17. The topological polar surface area (TPSA) is 68.0 Å². The van der Waals surface area contributed by atoms with Gasteiger partial charge in [0.1, 0.15) is 0 Å². The molecule has 1 atom stereocenters. The molecule has 1 unspecified atom stereocenters. The summed E-state index contributed by atoms with van der Waals surface area (Å²) in [5.74, 6) is 1.57. The predicted octanol–water partition coefficient (Wildman–Crippen LogP) is 2.76. The molecule has 21 heavy (non-hydrogen) atoms. The third-order valence-corrected chi connectivity index (χ3v) is 3.77. The van der Waals surface area contributed by atoms with Gasteiger partial charge in [0.15, 0.2) is 5.82 Å². The van der Waals surface area contributed by atoms with Gasteiger partial charge in [-0.15, -0.1) is 0 Å². The predicted molar refractivity (Wildman–Crippen MR) is 77.6 cm³/mol. The lowest BCUT2D eigenvalue weighted by atomic mass is 9.96. The van der Waals surface area contributed by atoms with Gasteiger partial charge in [-0.2, -0.15) is 4.98 Å². The van der Waals surface area contributed by atoms with E-state index in [1.54, 1.807) is 0 Å². The average molecular weight is 285 g/mol. The van der Waals surface area contributed by atoms with E-state index in [2.05, 4.69) is 15.5 Å². The fraction of sp³-hybridized carbons (Fsp3) is 0.438. The first kappa shape index (κ1) is 13.8. The molecular weight excluding hydrogens is 266 g/mol. The minimum absolute atomic E-state index is 0.00475. The molecule has 1 N–H and O–H groups in total. The summed E-state index contributed by atoms with van der Waals surface area (Å²) < 4.78 is 5.16. The van der Waals surface area contributed by atoms with Crippen LogP contribution in [-0.2, 0) is 11.3 Å². The van der Waals surface area contributed by atoms with E-state index in [-0.39, 0.29) is 11.8 Å². The summed E-state index contributed by atoms with van der Waals surface area (Å²) in [4.78, 5) is 16.6. The number of hydrogen-bond acceptors (Lipinski definition) is 4. The van der Waals surface area contributed by atoms with Crippen molar-refractivity contribution in [1.82, 2.24) is 15.5 Å². The first-order valence-electron chi connectivity index (χ1n) is 7.43. The normalized spacial score (nSPS) is 15.7. The molecule has 3 rings (SSSR count). The van der Waals surface area contributed by atoms with Crippen molar-refractivity contribution in [1.29, 1.82) is 0 Å². The Labute approximate surface area is 123 Å². The minimum atomic E-state index is -0.142. The van der Waals surface area contributed by atoms with Crippen LogP contribution in [0.15, 0.2) is 34.9 Å². The lowest BCUT2D eigenvalue weighted by molar-refractivity contribution is -0.122. The van der Waals surface area contributed by atoms with Crippen LogP contribution in [0.2, 0.25) is 0 Å². The van der Waals surface area contributed by atoms with Gasteiger partial charge in [0.25, 0.3) is 0 Å². The largest absolute Gasteiger partial charge is 0.346 e. The second-order valence-electron chi connectivity index (χ2n) is 5.41. The highest BCUT2D eigenvalue weighted by Gasteiger charge is 2.28. The molecule has 0 bridgehead atoms. The Morgan fingerprint density at radius 3 is 2.81 bits per heavy atom. The van der Waals surface area contributed by atoms with Crippen molar-refractivity contribution >= 4 is 5.91 Å². The SMILES string of the molecule is CCC(C(=O)NCc1nc(C2CC2)no1)c1ccccc1. The van der Waals surface area contributed by atoms with Crippen LogP contribution in [0.25, 0.3) is 0 Å². The molecule has 1 heterocycles. The van der Waals surface area contributed by atoms with E-state index in [9.17, 15) is 4.79 Å². The van der Waals surface area contributed by atoms with Gasteiger partial charge in [-0.1, -0.05) is 42.4 Å². The smallest absolute Gasteiger partial charge is 0.246 e. The Kier molecular flexibility index (Phi) is 3.99. The minimum Gasteiger partial charge on any atom is -0.346 e. The Balaban J connectivity index is 1.59. The maximum atomic E-state index is 12.3. The number of aromatic nitrogens is 2. The van der Waals surface area contributed by atoms with Crippen LogP contribution < -0.4 is 5.32 Å². The quantitative estimate of drug-likeness (QED) is 0.886. The summed E-state index contributed by atoms with van der Waals surface area (Å²) in [5, 5.41) is 6.83. The van der Waals surface area contributed by atoms with Gasteiger partial charge in [-0.3, -0.25) is 4.79 Å². The van der Waals surface area contributed by atoms with E-state index < -0.39 is 0 Å². The molecule has 2 aromatic rings. The number of amides is 1. The first-order valence-corrected chi connectivity index (χ1v) is 7.43. The van der Waals surface area contributed by atoms with E-state index in [0.717, 1.165) is 30.7 Å². The molecule has 5 nitrogen and oxygen atoms in total. The van der Waals surface area contributed by atoms with Gasteiger partial charge in [-0.05, 0) is 24.8 Å². The molecule has 1 saturated carbocycles. The number of nitrogens with one attached hydrogen (secondary N) is 1. The monoisotopic (exact) mass is 285 g/mol. The van der Waals surface area contributed by atoms with Crippen LogP contribution in [-0.4, -0.2) is 16.0 Å². The second-order valence-corrected chi connectivity index (χ2v) is 5.41. The van der Waals surface area contributed by atoms with Crippen LogP contribution in [0.4, 0.5) is 0 Å². The van der Waals surface area contributed by atoms with Crippen LogP contribution in [0, 0.1) is 0 Å². The van der Waals surface area contributed by atoms with Crippen LogP contribution in [0.3, 0.4) is 0 Å². The van der Waals surface area contributed by atoms with E-state index in [1.807, 2.05) is 37.3 Å². The van der Waals surface area contributed by atoms with Gasteiger partial charge in [0, 0.05) is 5.92 Å². The van der Waals surface area contributed by atoms with Crippen molar-refractivity contribution in [3.63, 3.8) is 0 Å². The summed E-state index contributed by atoms with van der Waals surface area (Å²) in [6.45, 7) is 2.30. The average Bonchev–Trinajstić information content (AvgIpc) is 3.26. The number of carbonyl (C=O) groups is 1. The lowest BCUT2D eigenvalue weighted by Gasteiger charge is -2.14. The molecule has 0 saturated heterocycles. The molecule has 1 aliphatic carbocycles. The molecule has 1 aromatic carbocycles. The molecule has 0 radical (unpaired) electrons. The van der Waals surface area contributed by atoms with Gasteiger partial charge < -0.3 is 9.84 Å². The van der Waals surface area contributed by atoms with Gasteiger partial charge in [0.05, 0.1) is 12.5 Å². The van der Waals surface area contributed by atoms with Gasteiger partial charge in [0.2, 0.25) is 11.8 Å². The van der Waals surface area contributed by atoms with Crippen molar-refractivity contribution in [3.05, 3.63) is 47.6 Å². The fourth-order valence-corrected chi connectivity index (χ4v) is 2.39. The standard InChI is InChI=1S/C16H19N3O2/c1-2-13(11-6-4-3-5-7-11)16(20)17-10-14-18-15(19-21-14)12-8-9-12/h3-7,12-13H,2,8-10H2,1H3,(H,17,20). The second kappa shape index (κ2) is 6.08. The Morgan fingerprint density at radius 1 is 1.38 bits per heavy atom.